The molecule has 8 nitrogen and oxygen atoms in total. The molecule has 1 unspecified atom stereocenters. The summed E-state index contributed by atoms with van der Waals surface area (Å²) in [5.74, 6) is -0.449. The highest BCUT2D eigenvalue weighted by molar-refractivity contribution is 5.90. The zero-order chi connectivity index (χ0) is 24.5. The van der Waals surface area contributed by atoms with Crippen LogP contribution in [0.3, 0.4) is 0 Å². The third-order valence-electron chi connectivity index (χ3n) is 5.52. The van der Waals surface area contributed by atoms with Crippen molar-refractivity contribution in [2.24, 2.45) is 5.73 Å². The molecule has 2 aromatic carbocycles. The van der Waals surface area contributed by atoms with Crippen molar-refractivity contribution in [1.82, 2.24) is 4.90 Å². The lowest BCUT2D eigenvalue weighted by Gasteiger charge is -2.27. The predicted molar refractivity (Wildman–Crippen MR) is 125 cm³/mol. The monoisotopic (exact) mass is 471 g/mol. The topological polar surface area (TPSA) is 97.6 Å². The number of epoxide rings is 1. The van der Waals surface area contributed by atoms with E-state index in [-0.39, 0.29) is 12.6 Å². The van der Waals surface area contributed by atoms with Crippen molar-refractivity contribution in [3.05, 3.63) is 53.8 Å². The molecule has 2 saturated heterocycles. The lowest BCUT2D eigenvalue weighted by atomic mass is 10.0. The molecule has 2 atom stereocenters. The second-order valence-electron chi connectivity index (χ2n) is 9.53. The van der Waals surface area contributed by atoms with Gasteiger partial charge in [0.2, 0.25) is 0 Å². The van der Waals surface area contributed by atoms with Gasteiger partial charge in [0.1, 0.15) is 17.5 Å². The average Bonchev–Trinajstić information content (AvgIpc) is 3.51. The van der Waals surface area contributed by atoms with Crippen molar-refractivity contribution in [2.45, 2.75) is 45.1 Å². The average molecular weight is 472 g/mol. The number of carbonyl (C=O) groups is 2. The van der Waals surface area contributed by atoms with E-state index in [1.807, 2.05) is 45.0 Å². The minimum Gasteiger partial charge on any atom is -0.444 e. The van der Waals surface area contributed by atoms with E-state index in [0.29, 0.717) is 43.1 Å². The quantitative estimate of drug-likeness (QED) is 0.615. The van der Waals surface area contributed by atoms with Crippen LogP contribution in [-0.4, -0.2) is 61.1 Å². The Labute approximate surface area is 198 Å². The fourth-order valence-electron chi connectivity index (χ4n) is 3.72. The largest absolute Gasteiger partial charge is 0.444 e. The van der Waals surface area contributed by atoms with Crippen LogP contribution in [0.1, 0.15) is 26.3 Å². The summed E-state index contributed by atoms with van der Waals surface area (Å²) in [6.45, 7) is 7.44. The molecule has 34 heavy (non-hydrogen) atoms. The van der Waals surface area contributed by atoms with Crippen LogP contribution < -0.4 is 10.6 Å². The lowest BCUT2D eigenvalue weighted by molar-refractivity contribution is 0.0220. The van der Waals surface area contributed by atoms with Crippen molar-refractivity contribution in [3.8, 4) is 11.1 Å². The molecule has 2 heterocycles. The highest BCUT2D eigenvalue weighted by atomic mass is 19.1. The van der Waals surface area contributed by atoms with Gasteiger partial charge in [0.25, 0.3) is 0 Å². The molecular formula is C25H30FN3O5. The van der Waals surface area contributed by atoms with E-state index in [1.165, 1.54) is 11.0 Å². The Kier molecular flexibility index (Phi) is 6.77. The van der Waals surface area contributed by atoms with Gasteiger partial charge in [-0.25, -0.2) is 14.0 Å². The van der Waals surface area contributed by atoms with Crippen molar-refractivity contribution in [3.63, 3.8) is 0 Å². The zero-order valence-electron chi connectivity index (χ0n) is 19.6. The molecule has 9 heteroatoms. The second-order valence-corrected chi connectivity index (χ2v) is 9.53. The van der Waals surface area contributed by atoms with Gasteiger partial charge in [0.15, 0.2) is 0 Å². The van der Waals surface area contributed by atoms with Crippen LogP contribution in [0.5, 0.6) is 0 Å². The van der Waals surface area contributed by atoms with E-state index >= 15 is 0 Å². The Morgan fingerprint density at radius 3 is 2.47 bits per heavy atom. The molecular weight excluding hydrogens is 441 g/mol. The number of anilines is 1. The summed E-state index contributed by atoms with van der Waals surface area (Å²) in [7, 11) is 0. The molecule has 0 aliphatic carbocycles. The van der Waals surface area contributed by atoms with Gasteiger partial charge in [-0.1, -0.05) is 24.3 Å². The van der Waals surface area contributed by atoms with Crippen molar-refractivity contribution in [1.29, 1.82) is 0 Å². The number of carbonyl (C=O) groups excluding carboxylic acids is 2. The van der Waals surface area contributed by atoms with Crippen LogP contribution in [0, 0.1) is 5.82 Å². The smallest absolute Gasteiger partial charge is 0.414 e. The van der Waals surface area contributed by atoms with E-state index in [4.69, 9.17) is 19.9 Å². The number of nitrogens with two attached hydrogens (primary N) is 1. The fourth-order valence-corrected chi connectivity index (χ4v) is 3.72. The van der Waals surface area contributed by atoms with Crippen LogP contribution in [-0.2, 0) is 20.8 Å². The Morgan fingerprint density at radius 1 is 1.21 bits per heavy atom. The number of rotatable bonds is 7. The number of hydrogen-bond acceptors (Lipinski definition) is 6. The minimum absolute atomic E-state index is 0.0347. The molecule has 2 aliphatic rings. The third-order valence-corrected chi connectivity index (χ3v) is 5.52. The van der Waals surface area contributed by atoms with E-state index in [1.54, 1.807) is 17.0 Å². The molecule has 0 aromatic heterocycles. The highest BCUT2D eigenvalue weighted by Crippen LogP contribution is 2.29. The summed E-state index contributed by atoms with van der Waals surface area (Å²) in [5.41, 5.74) is 7.38. The number of ether oxygens (including phenoxy) is 3. The number of hydrogen-bond donors (Lipinski definition) is 1. The van der Waals surface area contributed by atoms with Gasteiger partial charge in [0.05, 0.1) is 31.5 Å². The molecule has 2 aromatic rings. The maximum absolute atomic E-state index is 14.9. The molecule has 0 radical (unpaired) electrons. The first-order valence-electron chi connectivity index (χ1n) is 11.3. The standard InChI is InChI=1S/C25H30FN3O5/c1-25(2,3)34-23(30)28(13-20-15-32-20)12-16-4-6-17(7-5-16)21-9-8-18(10-22(21)26)29-14-19(11-27)33-24(29)31/h4-10,19-20H,11-15,27H2,1-3H3/t19-,20?/m0/s1. The SMILES string of the molecule is CC(C)(C)OC(=O)N(Cc1ccc(-c2ccc(N3C[C@H](CN)OC3=O)cc2F)cc1)CC1CO1. The first-order valence-corrected chi connectivity index (χ1v) is 11.3. The molecule has 2 N–H and O–H groups in total. The van der Waals surface area contributed by atoms with Crippen LogP contribution in [0.15, 0.2) is 42.5 Å². The van der Waals surface area contributed by atoms with Gasteiger partial charge < -0.3 is 24.8 Å². The van der Waals surface area contributed by atoms with Crippen molar-refractivity contribution < 1.29 is 28.2 Å². The Bertz CT molecular complexity index is 1050. The van der Waals surface area contributed by atoms with Crippen molar-refractivity contribution >= 4 is 17.9 Å². The third kappa shape index (κ3) is 5.84. The predicted octanol–water partition coefficient (Wildman–Crippen LogP) is 3.91. The summed E-state index contributed by atoms with van der Waals surface area (Å²) in [6, 6.07) is 12.0. The zero-order valence-corrected chi connectivity index (χ0v) is 19.6. The molecule has 0 bridgehead atoms. The normalized spacial score (nSPS) is 19.7. The minimum atomic E-state index is -0.593. The van der Waals surface area contributed by atoms with Crippen LogP contribution in [0.2, 0.25) is 0 Å². The maximum Gasteiger partial charge on any atom is 0.414 e. The molecule has 2 aliphatic heterocycles. The lowest BCUT2D eigenvalue weighted by Crippen LogP contribution is -2.38. The van der Waals surface area contributed by atoms with Gasteiger partial charge in [-0.3, -0.25) is 4.90 Å². The van der Waals surface area contributed by atoms with Gasteiger partial charge in [-0.05, 0) is 50.1 Å². The summed E-state index contributed by atoms with van der Waals surface area (Å²) in [6.07, 6.45) is -1.29. The molecule has 2 amide bonds. The number of benzene rings is 2. The Balaban J connectivity index is 1.46. The molecule has 4 rings (SSSR count). The maximum atomic E-state index is 14.9. The number of halogens is 1. The van der Waals surface area contributed by atoms with Gasteiger partial charge in [0, 0.05) is 18.7 Å². The van der Waals surface area contributed by atoms with Crippen LogP contribution >= 0.6 is 0 Å². The molecule has 0 spiro atoms. The van der Waals surface area contributed by atoms with E-state index in [2.05, 4.69) is 0 Å². The fraction of sp³-hybridized carbons (Fsp3) is 0.440. The summed E-state index contributed by atoms with van der Waals surface area (Å²) in [5, 5.41) is 0. The number of amides is 2. The molecule has 2 fully saturated rings. The first kappa shape index (κ1) is 24.0. The summed E-state index contributed by atoms with van der Waals surface area (Å²) < 4.78 is 30.9. The van der Waals surface area contributed by atoms with Gasteiger partial charge in [-0.15, -0.1) is 0 Å². The van der Waals surface area contributed by atoms with E-state index in [0.717, 1.165) is 5.56 Å². The van der Waals surface area contributed by atoms with E-state index in [9.17, 15) is 14.0 Å². The van der Waals surface area contributed by atoms with Crippen molar-refractivity contribution in [2.75, 3.05) is 31.1 Å². The summed E-state index contributed by atoms with van der Waals surface area (Å²) >= 11 is 0. The number of nitrogens with zero attached hydrogens (tertiary/aromatic N) is 2. The Hall–Kier alpha value is -3.17. The Morgan fingerprint density at radius 2 is 1.91 bits per heavy atom. The highest BCUT2D eigenvalue weighted by Gasteiger charge is 2.32. The van der Waals surface area contributed by atoms with Crippen LogP contribution in [0.4, 0.5) is 19.7 Å². The second kappa shape index (κ2) is 9.60. The molecule has 182 valence electrons. The molecule has 0 saturated carbocycles. The van der Waals surface area contributed by atoms with Gasteiger partial charge in [-0.2, -0.15) is 0 Å². The van der Waals surface area contributed by atoms with Crippen LogP contribution in [0.25, 0.3) is 11.1 Å². The van der Waals surface area contributed by atoms with Gasteiger partial charge >= 0.3 is 12.2 Å². The first-order chi connectivity index (χ1) is 16.1. The summed E-state index contributed by atoms with van der Waals surface area (Å²) in [4.78, 5) is 27.6. The number of cyclic esters (lactones) is 1. The van der Waals surface area contributed by atoms with E-state index < -0.39 is 29.7 Å².